The molecule has 1 fully saturated rings. The number of hydrogen-bond acceptors (Lipinski definition) is 9. The molecule has 1 aliphatic heterocycles. The van der Waals surface area contributed by atoms with Crippen LogP contribution < -0.4 is 14.8 Å². The van der Waals surface area contributed by atoms with Gasteiger partial charge in [-0.05, 0) is 61.2 Å². The Balaban J connectivity index is 1.35. The predicted molar refractivity (Wildman–Crippen MR) is 150 cm³/mol. The summed E-state index contributed by atoms with van der Waals surface area (Å²) in [6, 6.07) is 11.5. The highest BCUT2D eigenvalue weighted by Crippen LogP contribution is 2.31. The van der Waals surface area contributed by atoms with Crippen molar-refractivity contribution < 1.29 is 27.6 Å². The molecule has 5 rings (SSSR count). The number of nitro benzene ring substituents is 1. The Labute approximate surface area is 237 Å². The Bertz CT molecular complexity index is 1690. The molecule has 2 aromatic heterocycles. The molecular weight excluding hydrogens is 606 g/mol. The Morgan fingerprint density at radius 1 is 1.23 bits per heavy atom. The van der Waals surface area contributed by atoms with E-state index in [0.29, 0.717) is 35.6 Å². The van der Waals surface area contributed by atoms with E-state index < -0.39 is 31.4 Å². The number of anilines is 1. The standard InChI is InChI=1S/C26H24BrN5O7S/c27-18-3-5-21(24(11-18)39-19-10-17-7-8-28-25(17)30-14-19)26(33)31-40(36,37)20-4-6-22(23(12-20)32(34)35)29-13-16-2-1-9-38-15-16/h3-8,10-12,14,16,29H,1-2,9,13,15H2,(H,28,30)(H,31,33). The predicted octanol–water partition coefficient (Wildman–Crippen LogP) is 4.98. The maximum atomic E-state index is 13.1. The molecular formula is C26H24BrN5O7S. The van der Waals surface area contributed by atoms with Crippen molar-refractivity contribution >= 4 is 54.3 Å². The van der Waals surface area contributed by atoms with Crippen LogP contribution in [0.4, 0.5) is 11.4 Å². The molecule has 2 aromatic carbocycles. The second-order valence-corrected chi connectivity index (χ2v) is 11.8. The Hall–Kier alpha value is -4.01. The molecule has 0 radical (unpaired) electrons. The summed E-state index contributed by atoms with van der Waals surface area (Å²) < 4.78 is 40.1. The number of benzene rings is 2. The van der Waals surface area contributed by atoms with Gasteiger partial charge < -0.3 is 19.8 Å². The lowest BCUT2D eigenvalue weighted by Crippen LogP contribution is -2.31. The molecule has 14 heteroatoms. The van der Waals surface area contributed by atoms with Gasteiger partial charge in [0.2, 0.25) is 0 Å². The van der Waals surface area contributed by atoms with E-state index in [0.717, 1.165) is 24.3 Å². The van der Waals surface area contributed by atoms with Crippen molar-refractivity contribution in [2.24, 2.45) is 5.92 Å². The molecule has 0 spiro atoms. The number of carbonyl (C=O) groups is 1. The van der Waals surface area contributed by atoms with Crippen LogP contribution in [0.2, 0.25) is 0 Å². The average molecular weight is 630 g/mol. The van der Waals surface area contributed by atoms with E-state index in [1.165, 1.54) is 30.5 Å². The Morgan fingerprint density at radius 3 is 2.85 bits per heavy atom. The van der Waals surface area contributed by atoms with Crippen LogP contribution in [0.15, 0.2) is 70.3 Å². The van der Waals surface area contributed by atoms with Gasteiger partial charge in [0.1, 0.15) is 22.8 Å². The van der Waals surface area contributed by atoms with Crippen molar-refractivity contribution in [3.8, 4) is 11.5 Å². The van der Waals surface area contributed by atoms with E-state index in [1.54, 1.807) is 24.4 Å². The number of ether oxygens (including phenoxy) is 2. The van der Waals surface area contributed by atoms with Gasteiger partial charge in [-0.3, -0.25) is 14.9 Å². The molecule has 1 saturated heterocycles. The fourth-order valence-electron chi connectivity index (χ4n) is 4.31. The zero-order chi connectivity index (χ0) is 28.3. The molecule has 4 aromatic rings. The smallest absolute Gasteiger partial charge is 0.293 e. The highest BCUT2D eigenvalue weighted by atomic mass is 79.9. The second-order valence-electron chi connectivity index (χ2n) is 9.16. The summed E-state index contributed by atoms with van der Waals surface area (Å²) >= 11 is 3.33. The van der Waals surface area contributed by atoms with Gasteiger partial charge in [0.25, 0.3) is 21.6 Å². The minimum Gasteiger partial charge on any atom is -0.455 e. The number of nitrogens with zero attached hydrogens (tertiary/aromatic N) is 2. The molecule has 0 saturated carbocycles. The largest absolute Gasteiger partial charge is 0.455 e. The summed E-state index contributed by atoms with van der Waals surface area (Å²) in [6.45, 7) is 1.70. The first-order chi connectivity index (χ1) is 19.2. The highest BCUT2D eigenvalue weighted by Gasteiger charge is 2.26. The summed E-state index contributed by atoms with van der Waals surface area (Å²) in [4.78, 5) is 31.0. The summed E-state index contributed by atoms with van der Waals surface area (Å²) in [7, 11) is -4.47. The average Bonchev–Trinajstić information content (AvgIpc) is 3.40. The zero-order valence-electron chi connectivity index (χ0n) is 20.9. The third kappa shape index (κ3) is 6.24. The Morgan fingerprint density at radius 2 is 2.08 bits per heavy atom. The van der Waals surface area contributed by atoms with Gasteiger partial charge in [-0.25, -0.2) is 18.1 Å². The lowest BCUT2D eigenvalue weighted by Gasteiger charge is -2.22. The van der Waals surface area contributed by atoms with E-state index in [2.05, 4.69) is 31.2 Å². The van der Waals surface area contributed by atoms with Crippen LogP contribution in [-0.2, 0) is 14.8 Å². The Kier molecular flexibility index (Phi) is 8.00. The first kappa shape index (κ1) is 27.6. The number of sulfonamides is 1. The fourth-order valence-corrected chi connectivity index (χ4v) is 5.63. The quantitative estimate of drug-likeness (QED) is 0.171. The molecule has 208 valence electrons. The van der Waals surface area contributed by atoms with Crippen LogP contribution in [0, 0.1) is 16.0 Å². The number of H-pyrrole nitrogens is 1. The number of halogens is 1. The first-order valence-corrected chi connectivity index (χ1v) is 14.5. The number of aromatic nitrogens is 2. The minimum atomic E-state index is -4.47. The lowest BCUT2D eigenvalue weighted by molar-refractivity contribution is -0.384. The van der Waals surface area contributed by atoms with Crippen LogP contribution in [0.5, 0.6) is 11.5 Å². The number of hydrogen-bond donors (Lipinski definition) is 3. The van der Waals surface area contributed by atoms with E-state index in [1.807, 2.05) is 4.72 Å². The number of fused-ring (bicyclic) bond motifs is 1. The summed E-state index contributed by atoms with van der Waals surface area (Å²) in [5, 5.41) is 15.5. The van der Waals surface area contributed by atoms with Gasteiger partial charge in [-0.2, -0.15) is 0 Å². The summed E-state index contributed by atoms with van der Waals surface area (Å²) in [5.74, 6) is -0.365. The van der Waals surface area contributed by atoms with Gasteiger partial charge in [-0.1, -0.05) is 15.9 Å². The van der Waals surface area contributed by atoms with Gasteiger partial charge in [0, 0.05) is 35.3 Å². The maximum Gasteiger partial charge on any atom is 0.293 e. The van der Waals surface area contributed by atoms with Crippen LogP contribution in [0.3, 0.4) is 0 Å². The van der Waals surface area contributed by atoms with Crippen LogP contribution in [0.1, 0.15) is 23.2 Å². The van der Waals surface area contributed by atoms with Gasteiger partial charge in [-0.15, -0.1) is 0 Å². The van der Waals surface area contributed by atoms with E-state index >= 15 is 0 Å². The normalized spacial score (nSPS) is 15.5. The van der Waals surface area contributed by atoms with Gasteiger partial charge >= 0.3 is 0 Å². The monoisotopic (exact) mass is 629 g/mol. The van der Waals surface area contributed by atoms with Crippen LogP contribution in [-0.4, -0.2) is 49.0 Å². The van der Waals surface area contributed by atoms with Crippen LogP contribution in [0.25, 0.3) is 11.0 Å². The van der Waals surface area contributed by atoms with Gasteiger partial charge in [0.15, 0.2) is 0 Å². The van der Waals surface area contributed by atoms with Gasteiger partial charge in [0.05, 0.1) is 28.2 Å². The summed E-state index contributed by atoms with van der Waals surface area (Å²) in [6.07, 6.45) is 5.03. The third-order valence-electron chi connectivity index (χ3n) is 6.33. The van der Waals surface area contributed by atoms with E-state index in [-0.39, 0.29) is 22.9 Å². The maximum absolute atomic E-state index is 13.1. The molecule has 3 N–H and O–H groups in total. The topological polar surface area (TPSA) is 166 Å². The molecule has 3 heterocycles. The molecule has 1 unspecified atom stereocenters. The highest BCUT2D eigenvalue weighted by molar-refractivity contribution is 9.10. The van der Waals surface area contributed by atoms with Crippen molar-refractivity contribution in [2.75, 3.05) is 25.1 Å². The second kappa shape index (κ2) is 11.6. The lowest BCUT2D eigenvalue weighted by atomic mass is 10.0. The number of rotatable bonds is 9. The number of carbonyl (C=O) groups excluding carboxylic acids is 1. The molecule has 1 atom stereocenters. The van der Waals surface area contributed by atoms with E-state index in [4.69, 9.17) is 9.47 Å². The van der Waals surface area contributed by atoms with E-state index in [9.17, 15) is 23.3 Å². The summed E-state index contributed by atoms with van der Waals surface area (Å²) in [5.41, 5.74) is 0.345. The van der Waals surface area contributed by atoms with Crippen LogP contribution >= 0.6 is 15.9 Å². The number of nitro groups is 1. The molecule has 40 heavy (non-hydrogen) atoms. The first-order valence-electron chi connectivity index (χ1n) is 12.3. The van der Waals surface area contributed by atoms with Crippen molar-refractivity contribution in [3.63, 3.8) is 0 Å². The number of amides is 1. The SMILES string of the molecule is O=C(NS(=O)(=O)c1ccc(NCC2CCCOC2)c([N+](=O)[O-])c1)c1ccc(Br)cc1Oc1cnc2[nH]ccc2c1. The zero-order valence-corrected chi connectivity index (χ0v) is 23.3. The van der Waals surface area contributed by atoms with Crippen molar-refractivity contribution in [1.82, 2.24) is 14.7 Å². The molecule has 0 aliphatic carbocycles. The molecule has 12 nitrogen and oxygen atoms in total. The molecule has 1 amide bonds. The minimum absolute atomic E-state index is 0.0663. The number of aromatic amines is 1. The fraction of sp³-hybridized carbons (Fsp3) is 0.231. The van der Waals surface area contributed by atoms with Crippen molar-refractivity contribution in [1.29, 1.82) is 0 Å². The molecule has 1 aliphatic rings. The number of nitrogens with one attached hydrogen (secondary N) is 3. The van der Waals surface area contributed by atoms with Crippen molar-refractivity contribution in [2.45, 2.75) is 17.7 Å². The molecule has 0 bridgehead atoms. The number of pyridine rings is 1. The van der Waals surface area contributed by atoms with Crippen molar-refractivity contribution in [3.05, 3.63) is 81.1 Å². The third-order valence-corrected chi connectivity index (χ3v) is 8.15.